The number of hydrogen-bond donors (Lipinski definition) is 1. The molecule has 0 spiro atoms. The SMILES string of the molecule is CCCCCCC(Cl)C[C@H]1CCC[C@@H]1CCC=CC=CC(=O)O. The zero-order chi connectivity index (χ0) is 16.9. The zero-order valence-electron chi connectivity index (χ0n) is 14.6. The molecule has 1 N–H and O–H groups in total. The van der Waals surface area contributed by atoms with Crippen molar-refractivity contribution in [3.05, 3.63) is 24.3 Å². The van der Waals surface area contributed by atoms with Crippen molar-refractivity contribution in [2.75, 3.05) is 0 Å². The van der Waals surface area contributed by atoms with Gasteiger partial charge >= 0.3 is 5.97 Å². The van der Waals surface area contributed by atoms with Gasteiger partial charge in [-0.15, -0.1) is 11.6 Å². The number of allylic oxidation sites excluding steroid dienone is 3. The fourth-order valence-electron chi connectivity index (χ4n) is 3.67. The van der Waals surface area contributed by atoms with Crippen LogP contribution in [-0.2, 0) is 4.79 Å². The Morgan fingerprint density at radius 2 is 2.00 bits per heavy atom. The van der Waals surface area contributed by atoms with Gasteiger partial charge in [-0.05, 0) is 37.5 Å². The first kappa shape index (κ1) is 20.3. The molecule has 2 nitrogen and oxygen atoms in total. The fourth-order valence-corrected chi connectivity index (χ4v) is 4.05. The third-order valence-electron chi connectivity index (χ3n) is 4.94. The van der Waals surface area contributed by atoms with Crippen LogP contribution in [0.4, 0.5) is 0 Å². The smallest absolute Gasteiger partial charge is 0.328 e. The Kier molecular flexibility index (Phi) is 11.1. The van der Waals surface area contributed by atoms with Gasteiger partial charge in [0.25, 0.3) is 0 Å². The molecule has 1 aliphatic carbocycles. The van der Waals surface area contributed by atoms with Gasteiger partial charge in [0.15, 0.2) is 0 Å². The van der Waals surface area contributed by atoms with E-state index in [0.29, 0.717) is 5.38 Å². The molecule has 0 aromatic rings. The summed E-state index contributed by atoms with van der Waals surface area (Å²) in [5, 5.41) is 8.87. The lowest BCUT2D eigenvalue weighted by Crippen LogP contribution is -2.13. The van der Waals surface area contributed by atoms with Crippen molar-refractivity contribution in [1.29, 1.82) is 0 Å². The van der Waals surface area contributed by atoms with Gasteiger partial charge < -0.3 is 5.11 Å². The minimum atomic E-state index is -0.891. The lowest BCUT2D eigenvalue weighted by atomic mass is 9.87. The van der Waals surface area contributed by atoms with Crippen molar-refractivity contribution in [2.45, 2.75) is 82.9 Å². The van der Waals surface area contributed by atoms with E-state index in [1.165, 1.54) is 70.3 Å². The van der Waals surface area contributed by atoms with Gasteiger partial charge in [0, 0.05) is 11.5 Å². The standard InChI is InChI=1S/C20H33ClO2/c1-2-3-4-8-14-19(21)16-18-13-10-12-17(18)11-7-5-6-9-15-20(22)23/h5-6,9,15,17-19H,2-4,7-8,10-14,16H2,1H3,(H,22,23)/t17-,18+,19?/m0/s1. The molecule has 1 aliphatic rings. The van der Waals surface area contributed by atoms with Crippen LogP contribution in [-0.4, -0.2) is 16.5 Å². The predicted molar refractivity (Wildman–Crippen MR) is 99.0 cm³/mol. The van der Waals surface area contributed by atoms with Crippen LogP contribution in [0.1, 0.15) is 77.6 Å². The van der Waals surface area contributed by atoms with E-state index in [2.05, 4.69) is 13.0 Å². The maximum absolute atomic E-state index is 10.4. The van der Waals surface area contributed by atoms with E-state index in [1.807, 2.05) is 6.08 Å². The number of unbranched alkanes of at least 4 members (excludes halogenated alkanes) is 3. The Morgan fingerprint density at radius 1 is 1.22 bits per heavy atom. The molecule has 0 bridgehead atoms. The van der Waals surface area contributed by atoms with Gasteiger partial charge in [0.2, 0.25) is 0 Å². The summed E-state index contributed by atoms with van der Waals surface area (Å²) in [6, 6.07) is 0. The average Bonchev–Trinajstić information content (AvgIpc) is 2.94. The molecule has 0 amide bonds. The molecule has 0 radical (unpaired) electrons. The highest BCUT2D eigenvalue weighted by Gasteiger charge is 2.28. The van der Waals surface area contributed by atoms with Gasteiger partial charge in [-0.1, -0.05) is 70.1 Å². The molecule has 0 aromatic carbocycles. The molecule has 0 aliphatic heterocycles. The summed E-state index contributed by atoms with van der Waals surface area (Å²) in [5.41, 5.74) is 0. The number of rotatable bonds is 12. The summed E-state index contributed by atoms with van der Waals surface area (Å²) < 4.78 is 0. The summed E-state index contributed by atoms with van der Waals surface area (Å²) in [6.07, 6.45) is 20.5. The van der Waals surface area contributed by atoms with Crippen molar-refractivity contribution >= 4 is 17.6 Å². The molecule has 1 fully saturated rings. The number of carboxylic acids is 1. The van der Waals surface area contributed by atoms with Crippen molar-refractivity contribution in [3.63, 3.8) is 0 Å². The van der Waals surface area contributed by atoms with Crippen LogP contribution >= 0.6 is 11.6 Å². The third-order valence-corrected chi connectivity index (χ3v) is 5.33. The number of alkyl halides is 1. The monoisotopic (exact) mass is 340 g/mol. The van der Waals surface area contributed by atoms with Gasteiger partial charge in [-0.25, -0.2) is 4.79 Å². The molecule has 3 atom stereocenters. The number of carboxylic acid groups (broad SMARTS) is 1. The molecular formula is C20H33ClO2. The largest absolute Gasteiger partial charge is 0.478 e. The first-order valence-electron chi connectivity index (χ1n) is 9.33. The molecule has 3 heteroatoms. The minimum Gasteiger partial charge on any atom is -0.478 e. The van der Waals surface area contributed by atoms with Crippen LogP contribution in [0.5, 0.6) is 0 Å². The van der Waals surface area contributed by atoms with Gasteiger partial charge in [0.1, 0.15) is 0 Å². The highest BCUT2D eigenvalue weighted by Crippen LogP contribution is 2.39. The lowest BCUT2D eigenvalue weighted by Gasteiger charge is -2.21. The Balaban J connectivity index is 2.21. The molecule has 0 saturated heterocycles. The molecule has 0 heterocycles. The van der Waals surface area contributed by atoms with E-state index in [4.69, 9.17) is 16.7 Å². The van der Waals surface area contributed by atoms with Crippen LogP contribution in [0.3, 0.4) is 0 Å². The predicted octanol–water partition coefficient (Wildman–Crippen LogP) is 6.35. The third kappa shape index (κ3) is 9.86. The molecular weight excluding hydrogens is 308 g/mol. The average molecular weight is 341 g/mol. The first-order valence-corrected chi connectivity index (χ1v) is 9.77. The van der Waals surface area contributed by atoms with Crippen LogP contribution in [0.15, 0.2) is 24.3 Å². The summed E-state index contributed by atoms with van der Waals surface area (Å²) in [4.78, 5) is 10.4. The summed E-state index contributed by atoms with van der Waals surface area (Å²) in [7, 11) is 0. The van der Waals surface area contributed by atoms with E-state index in [-0.39, 0.29) is 0 Å². The number of halogens is 1. The molecule has 0 aromatic heterocycles. The zero-order valence-corrected chi connectivity index (χ0v) is 15.3. The normalized spacial score (nSPS) is 23.0. The van der Waals surface area contributed by atoms with E-state index >= 15 is 0 Å². The van der Waals surface area contributed by atoms with E-state index in [9.17, 15) is 4.79 Å². The summed E-state index contributed by atoms with van der Waals surface area (Å²) in [6.45, 7) is 2.24. The van der Waals surface area contributed by atoms with Crippen molar-refractivity contribution in [3.8, 4) is 0 Å². The highest BCUT2D eigenvalue weighted by atomic mass is 35.5. The maximum atomic E-state index is 10.4. The summed E-state index contributed by atoms with van der Waals surface area (Å²) in [5.74, 6) is 0.712. The molecule has 1 saturated carbocycles. The second-order valence-corrected chi connectivity index (χ2v) is 7.45. The van der Waals surface area contributed by atoms with Gasteiger partial charge in [-0.2, -0.15) is 0 Å². The number of carbonyl (C=O) groups is 1. The molecule has 23 heavy (non-hydrogen) atoms. The second kappa shape index (κ2) is 12.6. The van der Waals surface area contributed by atoms with Gasteiger partial charge in [-0.3, -0.25) is 0 Å². The van der Waals surface area contributed by atoms with Gasteiger partial charge in [0.05, 0.1) is 0 Å². The Morgan fingerprint density at radius 3 is 2.74 bits per heavy atom. The number of aliphatic carboxylic acids is 1. The minimum absolute atomic E-state index is 0.353. The first-order chi connectivity index (χ1) is 11.1. The topological polar surface area (TPSA) is 37.3 Å². The van der Waals surface area contributed by atoms with E-state index in [0.717, 1.165) is 18.3 Å². The van der Waals surface area contributed by atoms with Crippen LogP contribution in [0.25, 0.3) is 0 Å². The van der Waals surface area contributed by atoms with Crippen molar-refractivity contribution in [1.82, 2.24) is 0 Å². The second-order valence-electron chi connectivity index (χ2n) is 6.84. The van der Waals surface area contributed by atoms with Crippen LogP contribution in [0.2, 0.25) is 0 Å². The van der Waals surface area contributed by atoms with Crippen molar-refractivity contribution in [2.24, 2.45) is 11.8 Å². The van der Waals surface area contributed by atoms with Crippen LogP contribution < -0.4 is 0 Å². The highest BCUT2D eigenvalue weighted by molar-refractivity contribution is 6.20. The Hall–Kier alpha value is -0.760. The maximum Gasteiger partial charge on any atom is 0.328 e. The summed E-state index contributed by atoms with van der Waals surface area (Å²) >= 11 is 6.56. The van der Waals surface area contributed by atoms with E-state index < -0.39 is 5.97 Å². The quantitative estimate of drug-likeness (QED) is 0.194. The Bertz CT molecular complexity index is 376. The lowest BCUT2D eigenvalue weighted by molar-refractivity contribution is -0.131. The molecule has 1 rings (SSSR count). The van der Waals surface area contributed by atoms with Crippen LogP contribution in [0, 0.1) is 11.8 Å². The number of hydrogen-bond acceptors (Lipinski definition) is 1. The Labute approximate surface area is 147 Å². The van der Waals surface area contributed by atoms with E-state index in [1.54, 1.807) is 6.08 Å². The molecule has 1 unspecified atom stereocenters. The fraction of sp³-hybridized carbons (Fsp3) is 0.750. The van der Waals surface area contributed by atoms with Crippen molar-refractivity contribution < 1.29 is 9.90 Å². The molecule has 132 valence electrons.